The number of nitro benzene ring substituents is 1. The SMILES string of the molecule is COc1ccc([N+](=O)[O-])c(NC(=O)COC(=O)CN2C(=O)[C@@H]3[C@H]4C[C@@H]([C@H](Br)[C@H]4Br)[C@@H]3C2=O)c1. The van der Waals surface area contributed by atoms with Crippen LogP contribution in [0.5, 0.6) is 5.75 Å². The quantitative estimate of drug-likeness (QED) is 0.167. The lowest BCUT2D eigenvalue weighted by Gasteiger charge is -2.28. The van der Waals surface area contributed by atoms with Gasteiger partial charge in [-0.2, -0.15) is 0 Å². The van der Waals surface area contributed by atoms with Crippen molar-refractivity contribution in [1.29, 1.82) is 0 Å². The summed E-state index contributed by atoms with van der Waals surface area (Å²) in [5.74, 6) is -3.12. The molecule has 1 aromatic carbocycles. The molecule has 3 aliphatic rings. The number of benzene rings is 1. The van der Waals surface area contributed by atoms with Crippen LogP contribution in [0, 0.1) is 33.8 Å². The van der Waals surface area contributed by atoms with Crippen LogP contribution in [0.1, 0.15) is 6.42 Å². The lowest BCUT2D eigenvalue weighted by Crippen LogP contribution is -2.38. The number of hydrogen-bond donors (Lipinski definition) is 1. The molecule has 33 heavy (non-hydrogen) atoms. The number of nitrogens with one attached hydrogen (secondary N) is 1. The number of nitrogens with zero attached hydrogens (tertiary/aromatic N) is 2. The van der Waals surface area contributed by atoms with Crippen LogP contribution in [0.3, 0.4) is 0 Å². The fourth-order valence-corrected chi connectivity index (χ4v) is 6.85. The Balaban J connectivity index is 1.34. The monoisotopic (exact) mass is 587 g/mol. The molecular formula is C20H19Br2N3O8. The molecule has 1 heterocycles. The van der Waals surface area contributed by atoms with Gasteiger partial charge in [0.1, 0.15) is 18.0 Å². The van der Waals surface area contributed by atoms with Crippen molar-refractivity contribution in [2.24, 2.45) is 23.7 Å². The number of alkyl halides is 2. The normalized spacial score (nSPS) is 29.7. The molecule has 0 unspecified atom stereocenters. The number of esters is 1. The van der Waals surface area contributed by atoms with Gasteiger partial charge < -0.3 is 14.8 Å². The van der Waals surface area contributed by atoms with Crippen molar-refractivity contribution in [3.8, 4) is 5.75 Å². The van der Waals surface area contributed by atoms with E-state index in [-0.39, 0.29) is 38.6 Å². The average molecular weight is 589 g/mol. The third-order valence-corrected chi connectivity index (χ3v) is 9.61. The predicted molar refractivity (Wildman–Crippen MR) is 120 cm³/mol. The van der Waals surface area contributed by atoms with Gasteiger partial charge >= 0.3 is 5.97 Å². The Labute approximate surface area is 204 Å². The fraction of sp³-hybridized carbons (Fsp3) is 0.500. The topological polar surface area (TPSA) is 145 Å². The van der Waals surface area contributed by atoms with E-state index >= 15 is 0 Å². The Hall–Kier alpha value is -2.54. The Bertz CT molecular complexity index is 1020. The van der Waals surface area contributed by atoms with Gasteiger partial charge in [-0.25, -0.2) is 0 Å². The number of amides is 3. The molecule has 2 aliphatic carbocycles. The summed E-state index contributed by atoms with van der Waals surface area (Å²) in [6.07, 6.45) is 0.771. The van der Waals surface area contributed by atoms with Gasteiger partial charge in [0.15, 0.2) is 6.61 Å². The fourth-order valence-electron chi connectivity index (χ4n) is 4.97. The minimum absolute atomic E-state index is 0.0197. The molecule has 176 valence electrons. The first kappa shape index (κ1) is 23.6. The summed E-state index contributed by atoms with van der Waals surface area (Å²) in [4.78, 5) is 61.6. The van der Waals surface area contributed by atoms with Crippen molar-refractivity contribution in [1.82, 2.24) is 4.90 Å². The highest BCUT2D eigenvalue weighted by Gasteiger charge is 2.66. The minimum Gasteiger partial charge on any atom is -0.497 e. The van der Waals surface area contributed by atoms with E-state index < -0.39 is 53.6 Å². The summed E-state index contributed by atoms with van der Waals surface area (Å²) in [6.45, 7) is -1.33. The number of anilines is 1. The van der Waals surface area contributed by atoms with Gasteiger partial charge in [-0.15, -0.1) is 0 Å². The first-order valence-corrected chi connectivity index (χ1v) is 11.9. The van der Waals surface area contributed by atoms with Crippen molar-refractivity contribution in [3.63, 3.8) is 0 Å². The third kappa shape index (κ3) is 4.12. The minimum atomic E-state index is -0.926. The standard InChI is InChI=1S/C20H19Br2N3O8/c1-32-8-2-3-12(25(30)31)11(4-8)23-13(26)7-33-14(27)6-24-19(28)15-9-5-10(16(15)20(24)29)18(22)17(9)21/h2-4,9-10,15-18H,5-7H2,1H3,(H,23,26)/t9-,10-,15-,16+,17+,18+/m1/s1. The van der Waals surface area contributed by atoms with Crippen molar-refractivity contribution in [3.05, 3.63) is 28.3 Å². The molecule has 11 nitrogen and oxygen atoms in total. The molecule has 0 aromatic heterocycles. The molecule has 3 amide bonds. The van der Waals surface area contributed by atoms with E-state index in [9.17, 15) is 29.3 Å². The first-order valence-electron chi connectivity index (χ1n) is 10.0. The molecule has 13 heteroatoms. The molecule has 2 bridgehead atoms. The number of carbonyl (C=O) groups is 4. The Morgan fingerprint density at radius 1 is 1.18 bits per heavy atom. The molecule has 1 saturated heterocycles. The molecule has 6 atom stereocenters. The zero-order chi connectivity index (χ0) is 24.0. The second kappa shape index (κ2) is 9.01. The Morgan fingerprint density at radius 2 is 1.79 bits per heavy atom. The summed E-state index contributed by atoms with van der Waals surface area (Å²) < 4.78 is 9.90. The van der Waals surface area contributed by atoms with E-state index in [1.165, 1.54) is 25.3 Å². The van der Waals surface area contributed by atoms with Gasteiger partial charge in [0.05, 0.1) is 23.9 Å². The van der Waals surface area contributed by atoms with Crippen molar-refractivity contribution in [2.75, 3.05) is 25.6 Å². The summed E-state index contributed by atoms with van der Waals surface area (Å²) in [5, 5.41) is 13.4. The molecular weight excluding hydrogens is 570 g/mol. The lowest BCUT2D eigenvalue weighted by atomic mass is 9.81. The number of methoxy groups -OCH3 is 1. The van der Waals surface area contributed by atoms with Crippen LogP contribution in [0.2, 0.25) is 0 Å². The zero-order valence-electron chi connectivity index (χ0n) is 17.2. The van der Waals surface area contributed by atoms with Gasteiger partial charge in [-0.3, -0.25) is 34.2 Å². The van der Waals surface area contributed by atoms with Crippen molar-refractivity contribution >= 4 is 66.9 Å². The predicted octanol–water partition coefficient (Wildman–Crippen LogP) is 1.86. The maximum atomic E-state index is 12.8. The smallest absolute Gasteiger partial charge is 0.326 e. The number of fused-ring (bicyclic) bond motifs is 5. The maximum Gasteiger partial charge on any atom is 0.326 e. The van der Waals surface area contributed by atoms with E-state index in [0.717, 1.165) is 11.3 Å². The second-order valence-corrected chi connectivity index (χ2v) is 10.2. The second-order valence-electron chi connectivity index (χ2n) is 8.12. The van der Waals surface area contributed by atoms with Crippen LogP contribution >= 0.6 is 31.9 Å². The summed E-state index contributed by atoms with van der Waals surface area (Å²) in [5.41, 5.74) is -0.484. The van der Waals surface area contributed by atoms with Gasteiger partial charge in [0, 0.05) is 21.8 Å². The summed E-state index contributed by atoms with van der Waals surface area (Å²) >= 11 is 7.18. The van der Waals surface area contributed by atoms with E-state index in [4.69, 9.17) is 9.47 Å². The van der Waals surface area contributed by atoms with E-state index in [2.05, 4.69) is 37.2 Å². The maximum absolute atomic E-state index is 12.8. The van der Waals surface area contributed by atoms with Gasteiger partial charge in [-0.05, 0) is 24.3 Å². The molecule has 0 radical (unpaired) electrons. The number of likely N-dealkylation sites (tertiary alicyclic amines) is 1. The molecule has 2 saturated carbocycles. The Kier molecular flexibility index (Phi) is 6.45. The molecule has 4 rings (SSSR count). The number of ether oxygens (including phenoxy) is 2. The highest BCUT2D eigenvalue weighted by Crippen LogP contribution is 2.60. The third-order valence-electron chi connectivity index (χ3n) is 6.40. The van der Waals surface area contributed by atoms with Crippen molar-refractivity contribution in [2.45, 2.75) is 16.1 Å². The number of rotatable bonds is 7. The largest absolute Gasteiger partial charge is 0.497 e. The summed E-state index contributed by atoms with van der Waals surface area (Å²) in [7, 11) is 1.37. The lowest BCUT2D eigenvalue weighted by molar-refractivity contribution is -0.383. The average Bonchev–Trinajstić information content (AvgIpc) is 3.38. The van der Waals surface area contributed by atoms with E-state index in [1.54, 1.807) is 0 Å². The van der Waals surface area contributed by atoms with Gasteiger partial charge in [-0.1, -0.05) is 31.9 Å². The van der Waals surface area contributed by atoms with Crippen LogP contribution in [0.15, 0.2) is 18.2 Å². The number of hydrogen-bond acceptors (Lipinski definition) is 8. The van der Waals surface area contributed by atoms with E-state index in [1.807, 2.05) is 0 Å². The molecule has 0 spiro atoms. The molecule has 1 aromatic rings. The molecule has 1 aliphatic heterocycles. The highest BCUT2D eigenvalue weighted by molar-refractivity contribution is 9.12. The number of nitro groups is 1. The number of imide groups is 1. The first-order chi connectivity index (χ1) is 15.6. The van der Waals surface area contributed by atoms with Crippen LogP contribution in [0.4, 0.5) is 11.4 Å². The van der Waals surface area contributed by atoms with Gasteiger partial charge in [0.2, 0.25) is 11.8 Å². The van der Waals surface area contributed by atoms with Crippen LogP contribution in [0.25, 0.3) is 0 Å². The highest BCUT2D eigenvalue weighted by atomic mass is 79.9. The van der Waals surface area contributed by atoms with Crippen LogP contribution in [-0.2, 0) is 23.9 Å². The van der Waals surface area contributed by atoms with Crippen molar-refractivity contribution < 1.29 is 33.6 Å². The van der Waals surface area contributed by atoms with E-state index in [0.29, 0.717) is 0 Å². The summed E-state index contributed by atoms with van der Waals surface area (Å²) in [6, 6.07) is 3.81. The molecule has 3 fully saturated rings. The van der Waals surface area contributed by atoms with Crippen LogP contribution < -0.4 is 10.1 Å². The molecule has 1 N–H and O–H groups in total. The zero-order valence-corrected chi connectivity index (χ0v) is 20.4. The number of carbonyl (C=O) groups excluding carboxylic acids is 4. The van der Waals surface area contributed by atoms with Gasteiger partial charge in [0.25, 0.3) is 11.6 Å². The van der Waals surface area contributed by atoms with Crippen LogP contribution in [-0.4, -0.2) is 63.4 Å². The Morgan fingerprint density at radius 3 is 2.33 bits per heavy atom. The number of halogens is 2.